The highest BCUT2D eigenvalue weighted by atomic mass is 19.2. The van der Waals surface area contributed by atoms with E-state index in [4.69, 9.17) is 24.7 Å². The first-order valence-electron chi connectivity index (χ1n) is 13.4. The summed E-state index contributed by atoms with van der Waals surface area (Å²) >= 11 is 0. The van der Waals surface area contributed by atoms with Crippen molar-refractivity contribution in [2.45, 2.75) is 37.6 Å². The predicted molar refractivity (Wildman–Crippen MR) is 141 cm³/mol. The number of nitrogens with two attached hydrogens (primary N) is 1. The number of aliphatic hydroxyl groups excluding tert-OH is 1. The number of carboxylic acids is 2. The van der Waals surface area contributed by atoms with E-state index in [2.05, 4.69) is 10.1 Å². The Morgan fingerprint density at radius 2 is 1.46 bits per heavy atom. The highest BCUT2D eigenvalue weighted by Gasteiger charge is 2.59. The fourth-order valence-electron chi connectivity index (χ4n) is 4.23. The second kappa shape index (κ2) is 16.9. The molecular weight excluding hydrogens is 639 g/mol. The van der Waals surface area contributed by atoms with Crippen LogP contribution in [0.4, 0.5) is 22.0 Å². The highest BCUT2D eigenvalue weighted by Crippen LogP contribution is 2.49. The molecule has 0 aliphatic carbocycles. The number of methoxy groups -OCH3 is 1. The predicted octanol–water partition coefficient (Wildman–Crippen LogP) is 0.742. The molecule has 0 aromatic heterocycles. The van der Waals surface area contributed by atoms with Gasteiger partial charge in [-0.25, -0.2) is 41.1 Å². The molecule has 0 fully saturated rings. The molecule has 3 unspecified atom stereocenters. The number of carboxylic acid groups (broad SMARTS) is 2. The largest absolute Gasteiger partial charge is 0.479 e. The number of carbonyl (C=O) groups is 4. The minimum Gasteiger partial charge on any atom is -0.479 e. The molecule has 1 aromatic carbocycles. The maximum atomic E-state index is 15.7. The van der Waals surface area contributed by atoms with Crippen LogP contribution in [0.15, 0.2) is 23.0 Å². The van der Waals surface area contributed by atoms with Crippen LogP contribution < -0.4 is 11.1 Å². The molecule has 0 spiro atoms. The molecule has 0 saturated heterocycles. The zero-order valence-corrected chi connectivity index (χ0v) is 24.4. The lowest BCUT2D eigenvalue weighted by atomic mass is 9.75. The van der Waals surface area contributed by atoms with Crippen LogP contribution in [0.5, 0.6) is 0 Å². The molecule has 6 N–H and O–H groups in total. The summed E-state index contributed by atoms with van der Waals surface area (Å²) in [5.74, 6) is -21.4. The lowest BCUT2D eigenvalue weighted by Gasteiger charge is -2.42. The summed E-state index contributed by atoms with van der Waals surface area (Å²) in [5, 5.41) is 31.6. The van der Waals surface area contributed by atoms with Crippen molar-refractivity contribution in [3.8, 4) is 0 Å². The van der Waals surface area contributed by atoms with Crippen LogP contribution >= 0.6 is 0 Å². The van der Waals surface area contributed by atoms with Crippen LogP contribution in [-0.4, -0.2) is 98.1 Å². The van der Waals surface area contributed by atoms with E-state index in [0.29, 0.717) is 32.9 Å². The third-order valence-corrected chi connectivity index (χ3v) is 6.27. The van der Waals surface area contributed by atoms with Crippen molar-refractivity contribution in [3.05, 3.63) is 57.7 Å². The fraction of sp³-hybridized carbons (Fsp3) is 0.481. The second-order valence-corrected chi connectivity index (χ2v) is 9.21. The van der Waals surface area contributed by atoms with Crippen molar-refractivity contribution >= 4 is 23.9 Å². The van der Waals surface area contributed by atoms with Crippen molar-refractivity contribution in [2.75, 3.05) is 46.7 Å². The van der Waals surface area contributed by atoms with Crippen molar-refractivity contribution in [1.29, 1.82) is 0 Å². The molecule has 14 nitrogen and oxygen atoms in total. The number of hydrogen-bond donors (Lipinski definition) is 5. The summed E-state index contributed by atoms with van der Waals surface area (Å²) in [4.78, 5) is 50.3. The number of dihydropyridines is 1. The smallest absolute Gasteiger partial charge is 0.339 e. The van der Waals surface area contributed by atoms with E-state index in [0.717, 1.165) is 0 Å². The average Bonchev–Trinajstić information content (AvgIpc) is 3.02. The molecule has 0 radical (unpaired) electrons. The molecule has 2 rings (SSSR count). The van der Waals surface area contributed by atoms with Gasteiger partial charge in [0.15, 0.2) is 41.1 Å². The molecule has 1 heterocycles. The zero-order valence-electron chi connectivity index (χ0n) is 24.4. The van der Waals surface area contributed by atoms with Gasteiger partial charge in [0.25, 0.3) is 0 Å². The van der Waals surface area contributed by atoms with Crippen molar-refractivity contribution < 1.29 is 80.1 Å². The van der Waals surface area contributed by atoms with Crippen LogP contribution in [0.25, 0.3) is 0 Å². The molecule has 0 saturated carbocycles. The van der Waals surface area contributed by atoms with E-state index < -0.39 is 106 Å². The Labute approximate surface area is 257 Å². The van der Waals surface area contributed by atoms with Gasteiger partial charge >= 0.3 is 23.9 Å². The molecule has 1 aliphatic rings. The van der Waals surface area contributed by atoms with Crippen LogP contribution in [0.3, 0.4) is 0 Å². The summed E-state index contributed by atoms with van der Waals surface area (Å²) < 4.78 is 100. The lowest BCUT2D eigenvalue weighted by molar-refractivity contribution is -0.185. The Morgan fingerprint density at radius 3 is 1.98 bits per heavy atom. The summed E-state index contributed by atoms with van der Waals surface area (Å²) in [7, 11) is 0.690. The zero-order chi connectivity index (χ0) is 34.8. The topological polar surface area (TPSA) is 213 Å². The number of ether oxygens (including phenoxy) is 5. The van der Waals surface area contributed by atoms with Gasteiger partial charge in [0.1, 0.15) is 5.57 Å². The summed E-state index contributed by atoms with van der Waals surface area (Å²) in [6.45, 7) is 0.738. The van der Waals surface area contributed by atoms with Crippen molar-refractivity contribution in [3.63, 3.8) is 0 Å². The van der Waals surface area contributed by atoms with Gasteiger partial charge in [-0.15, -0.1) is 0 Å². The lowest BCUT2D eigenvalue weighted by Crippen LogP contribution is -2.54. The number of rotatable bonds is 18. The maximum Gasteiger partial charge on any atom is 0.339 e. The van der Waals surface area contributed by atoms with Gasteiger partial charge in [-0.3, -0.25) is 0 Å². The molecule has 3 atom stereocenters. The number of hydrogen-bond acceptors (Lipinski definition) is 12. The molecule has 19 heteroatoms. The van der Waals surface area contributed by atoms with Gasteiger partial charge in [0.05, 0.1) is 37.2 Å². The Kier molecular flexibility index (Phi) is 14.0. The van der Waals surface area contributed by atoms with Gasteiger partial charge in [-0.2, -0.15) is 0 Å². The number of nitrogens with one attached hydrogen (secondary N) is 1. The van der Waals surface area contributed by atoms with Crippen LogP contribution in [0, 0.1) is 29.1 Å². The van der Waals surface area contributed by atoms with E-state index in [9.17, 15) is 47.7 Å². The molecular formula is C27H31F5N2O12. The maximum absolute atomic E-state index is 15.7. The van der Waals surface area contributed by atoms with Crippen LogP contribution in [0.1, 0.15) is 25.3 Å². The Morgan fingerprint density at radius 1 is 0.891 bits per heavy atom. The van der Waals surface area contributed by atoms with Crippen LogP contribution in [0.2, 0.25) is 0 Å². The molecule has 1 aliphatic heterocycles. The molecule has 1 aromatic rings. The third-order valence-electron chi connectivity index (χ3n) is 6.27. The van der Waals surface area contributed by atoms with Gasteiger partial charge in [-0.05, 0) is 26.3 Å². The minimum atomic E-state index is -3.85. The minimum absolute atomic E-state index is 0.122. The molecule has 0 bridgehead atoms. The normalized spacial score (nSPS) is 17.5. The van der Waals surface area contributed by atoms with E-state index >= 15 is 8.78 Å². The molecule has 0 amide bonds. The van der Waals surface area contributed by atoms with Crippen molar-refractivity contribution in [2.24, 2.45) is 5.73 Å². The van der Waals surface area contributed by atoms with Crippen molar-refractivity contribution in [1.82, 2.24) is 5.32 Å². The Bertz CT molecular complexity index is 1360. The van der Waals surface area contributed by atoms with Crippen LogP contribution in [-0.2, 0) is 48.5 Å². The Balaban J connectivity index is 3.00. The average molecular weight is 671 g/mol. The summed E-state index contributed by atoms with van der Waals surface area (Å²) in [6.07, 6.45) is -4.92. The second-order valence-electron chi connectivity index (χ2n) is 9.21. The highest BCUT2D eigenvalue weighted by molar-refractivity contribution is 6.01. The van der Waals surface area contributed by atoms with Gasteiger partial charge in [-0.1, -0.05) is 0 Å². The molecule has 256 valence electrons. The summed E-state index contributed by atoms with van der Waals surface area (Å²) in [5.41, 5.74) is -3.85. The first-order valence-corrected chi connectivity index (χ1v) is 13.4. The number of esters is 2. The monoisotopic (exact) mass is 670 g/mol. The fourth-order valence-corrected chi connectivity index (χ4v) is 4.23. The van der Waals surface area contributed by atoms with E-state index in [1.807, 2.05) is 0 Å². The number of aliphatic carboxylic acids is 2. The van der Waals surface area contributed by atoms with Gasteiger partial charge < -0.3 is 50.1 Å². The van der Waals surface area contributed by atoms with E-state index in [-0.39, 0.29) is 19.6 Å². The first-order chi connectivity index (χ1) is 21.7. The number of benzene rings is 1. The Hall–Kier alpha value is -4.17. The molecule has 46 heavy (non-hydrogen) atoms. The van der Waals surface area contributed by atoms with E-state index in [1.165, 1.54) is 6.92 Å². The van der Waals surface area contributed by atoms with Gasteiger partial charge in [0, 0.05) is 26.0 Å². The van der Waals surface area contributed by atoms with E-state index in [1.54, 1.807) is 0 Å². The number of carbonyl (C=O) groups excluding carboxylic acids is 2. The quantitative estimate of drug-likeness (QED) is 0.0479. The first kappa shape index (κ1) is 38.0. The number of aliphatic hydroxyl groups is 1. The SMILES string of the molecule is CCOC(=O)C1=C(COCCCOCCCN)NC=C(C(=O)OC)C1(OC(C(=O)O)C(O)C(=O)O)c1c(F)c(F)c(F)c(F)c1F. The number of halogens is 5. The van der Waals surface area contributed by atoms with Gasteiger partial charge in [0.2, 0.25) is 5.82 Å². The summed E-state index contributed by atoms with van der Waals surface area (Å²) in [6, 6.07) is 0. The standard InChI is InChI=1S/C27H31F5N2O12/c1-3-45-26(41)14-13(11-44-9-5-8-43-7-4-6-33)34-10-12(25(40)42-2)27(14,46-22(24(38)39)21(35)23(36)37)15-16(28)18(30)20(32)19(31)17(15)29/h10,21-22,34-35H,3-9,11,33H2,1-2H3,(H,36,37)(H,38,39). The third kappa shape index (κ3) is 7.97.